The molecule has 2 rings (SSSR count). The number of rotatable bonds is 4. The maximum absolute atomic E-state index is 13.4. The van der Waals surface area contributed by atoms with Crippen molar-refractivity contribution in [1.82, 2.24) is 10.3 Å². The minimum absolute atomic E-state index is 0.256. The first-order chi connectivity index (χ1) is 9.41. The minimum atomic E-state index is -0.256. The molecule has 0 aliphatic carbocycles. The van der Waals surface area contributed by atoms with Gasteiger partial charge < -0.3 is 10.2 Å². The molecule has 3 nitrogen and oxygen atoms in total. The van der Waals surface area contributed by atoms with Crippen molar-refractivity contribution in [3.8, 4) is 0 Å². The Morgan fingerprint density at radius 2 is 2.20 bits per heavy atom. The number of nitrogens with zero attached hydrogens (tertiary/aromatic N) is 2. The van der Waals surface area contributed by atoms with Crippen molar-refractivity contribution in [3.63, 3.8) is 0 Å². The van der Waals surface area contributed by atoms with E-state index in [1.54, 1.807) is 6.07 Å². The van der Waals surface area contributed by atoms with Crippen molar-refractivity contribution in [2.24, 2.45) is 11.3 Å². The predicted molar refractivity (Wildman–Crippen MR) is 81.4 cm³/mol. The van der Waals surface area contributed by atoms with Crippen molar-refractivity contribution in [2.45, 2.75) is 40.7 Å². The van der Waals surface area contributed by atoms with Crippen molar-refractivity contribution in [3.05, 3.63) is 23.6 Å². The van der Waals surface area contributed by atoms with E-state index in [1.807, 2.05) is 0 Å². The number of hydrogen-bond donors (Lipinski definition) is 1. The Morgan fingerprint density at radius 3 is 2.80 bits per heavy atom. The zero-order valence-electron chi connectivity index (χ0n) is 13.0. The Labute approximate surface area is 121 Å². The maximum Gasteiger partial charge on any atom is 0.141 e. The molecule has 20 heavy (non-hydrogen) atoms. The first kappa shape index (κ1) is 15.2. The van der Waals surface area contributed by atoms with Crippen LogP contribution in [0.1, 0.15) is 39.7 Å². The van der Waals surface area contributed by atoms with Crippen LogP contribution in [0.5, 0.6) is 0 Å². The minimum Gasteiger partial charge on any atom is -0.356 e. The summed E-state index contributed by atoms with van der Waals surface area (Å²) >= 11 is 0. The standard InChI is InChI=1S/C16H26FN3/c1-5-18-9-12-8-14(17)10-19-15(12)20-7-6-13(11-20)16(2,3)4/h8,10,13,18H,5-7,9,11H2,1-4H3. The summed E-state index contributed by atoms with van der Waals surface area (Å²) in [6, 6.07) is 1.61. The molecule has 1 aliphatic heterocycles. The molecule has 1 aromatic heterocycles. The second-order valence-electron chi connectivity index (χ2n) is 6.71. The summed E-state index contributed by atoms with van der Waals surface area (Å²) < 4.78 is 13.4. The zero-order chi connectivity index (χ0) is 14.8. The predicted octanol–water partition coefficient (Wildman–Crippen LogP) is 3.20. The largest absolute Gasteiger partial charge is 0.356 e. The quantitative estimate of drug-likeness (QED) is 0.917. The van der Waals surface area contributed by atoms with Gasteiger partial charge in [-0.2, -0.15) is 0 Å². The van der Waals surface area contributed by atoms with E-state index in [1.165, 1.54) is 12.6 Å². The van der Waals surface area contributed by atoms with E-state index in [4.69, 9.17) is 0 Å². The van der Waals surface area contributed by atoms with Crippen LogP contribution in [0.15, 0.2) is 12.3 Å². The molecule has 0 saturated carbocycles. The molecule has 0 spiro atoms. The van der Waals surface area contributed by atoms with Gasteiger partial charge in [0.1, 0.15) is 11.6 Å². The van der Waals surface area contributed by atoms with Crippen LogP contribution in [0.2, 0.25) is 0 Å². The molecule has 0 amide bonds. The second-order valence-corrected chi connectivity index (χ2v) is 6.71. The fraction of sp³-hybridized carbons (Fsp3) is 0.688. The molecule has 1 fully saturated rings. The lowest BCUT2D eigenvalue weighted by Gasteiger charge is -2.27. The van der Waals surface area contributed by atoms with E-state index in [9.17, 15) is 4.39 Å². The Kier molecular flexibility index (Phi) is 4.63. The van der Waals surface area contributed by atoms with Gasteiger partial charge >= 0.3 is 0 Å². The van der Waals surface area contributed by atoms with Crippen LogP contribution in [0.3, 0.4) is 0 Å². The number of pyridine rings is 1. The van der Waals surface area contributed by atoms with Crippen molar-refractivity contribution in [2.75, 3.05) is 24.5 Å². The van der Waals surface area contributed by atoms with Crippen LogP contribution >= 0.6 is 0 Å². The van der Waals surface area contributed by atoms with Gasteiger partial charge in [0.2, 0.25) is 0 Å². The highest BCUT2D eigenvalue weighted by Gasteiger charge is 2.33. The molecule has 1 aromatic rings. The molecule has 0 aromatic carbocycles. The van der Waals surface area contributed by atoms with E-state index in [0.29, 0.717) is 17.9 Å². The number of aromatic nitrogens is 1. The first-order valence-corrected chi connectivity index (χ1v) is 7.52. The first-order valence-electron chi connectivity index (χ1n) is 7.52. The molecule has 1 saturated heterocycles. The summed E-state index contributed by atoms with van der Waals surface area (Å²) in [5.41, 5.74) is 1.28. The monoisotopic (exact) mass is 279 g/mol. The molecular weight excluding hydrogens is 253 g/mol. The molecule has 2 heterocycles. The van der Waals surface area contributed by atoms with Crippen LogP contribution in [0.25, 0.3) is 0 Å². The number of hydrogen-bond acceptors (Lipinski definition) is 3. The van der Waals surface area contributed by atoms with Gasteiger partial charge in [0, 0.05) is 25.2 Å². The molecule has 1 unspecified atom stereocenters. The van der Waals surface area contributed by atoms with Gasteiger partial charge in [0.05, 0.1) is 6.20 Å². The van der Waals surface area contributed by atoms with Gasteiger partial charge in [0.25, 0.3) is 0 Å². The third-order valence-electron chi connectivity index (χ3n) is 4.19. The summed E-state index contributed by atoms with van der Waals surface area (Å²) in [7, 11) is 0. The summed E-state index contributed by atoms with van der Waals surface area (Å²) in [4.78, 5) is 6.65. The van der Waals surface area contributed by atoms with Crippen LogP contribution < -0.4 is 10.2 Å². The van der Waals surface area contributed by atoms with Crippen molar-refractivity contribution in [1.29, 1.82) is 0 Å². The van der Waals surface area contributed by atoms with Gasteiger partial charge in [-0.1, -0.05) is 27.7 Å². The summed E-state index contributed by atoms with van der Waals surface area (Å²) in [6.45, 7) is 12.5. The fourth-order valence-electron chi connectivity index (χ4n) is 2.81. The Morgan fingerprint density at radius 1 is 1.45 bits per heavy atom. The molecule has 0 bridgehead atoms. The zero-order valence-corrected chi connectivity index (χ0v) is 13.0. The van der Waals surface area contributed by atoms with Gasteiger partial charge in [-0.15, -0.1) is 0 Å². The molecule has 112 valence electrons. The topological polar surface area (TPSA) is 28.2 Å². The Bertz CT molecular complexity index is 454. The Hall–Kier alpha value is -1.16. The highest BCUT2D eigenvalue weighted by molar-refractivity contribution is 5.48. The van der Waals surface area contributed by atoms with Crippen LogP contribution in [-0.2, 0) is 6.54 Å². The molecule has 0 radical (unpaired) electrons. The third-order valence-corrected chi connectivity index (χ3v) is 4.19. The maximum atomic E-state index is 13.4. The van der Waals surface area contributed by atoms with E-state index in [0.717, 1.165) is 31.0 Å². The van der Waals surface area contributed by atoms with Gasteiger partial charge in [-0.3, -0.25) is 0 Å². The van der Waals surface area contributed by atoms with E-state index >= 15 is 0 Å². The van der Waals surface area contributed by atoms with Crippen molar-refractivity contribution >= 4 is 5.82 Å². The average Bonchev–Trinajstić information content (AvgIpc) is 2.85. The van der Waals surface area contributed by atoms with Gasteiger partial charge in [-0.05, 0) is 30.4 Å². The fourth-order valence-corrected chi connectivity index (χ4v) is 2.81. The Balaban J connectivity index is 2.16. The smallest absolute Gasteiger partial charge is 0.141 e. The van der Waals surface area contributed by atoms with E-state index in [2.05, 4.69) is 42.9 Å². The SMILES string of the molecule is CCNCc1cc(F)cnc1N1CCC(C(C)(C)C)C1. The molecule has 1 atom stereocenters. The van der Waals surface area contributed by atoms with E-state index < -0.39 is 0 Å². The molecule has 4 heteroatoms. The lowest BCUT2D eigenvalue weighted by molar-refractivity contribution is 0.263. The van der Waals surface area contributed by atoms with Crippen LogP contribution in [-0.4, -0.2) is 24.6 Å². The number of halogens is 1. The highest BCUT2D eigenvalue weighted by atomic mass is 19.1. The van der Waals surface area contributed by atoms with Gasteiger partial charge in [0.15, 0.2) is 0 Å². The molecule has 1 N–H and O–H groups in total. The summed E-state index contributed by atoms with van der Waals surface area (Å²) in [5, 5.41) is 3.26. The summed E-state index contributed by atoms with van der Waals surface area (Å²) in [6.07, 6.45) is 2.51. The number of nitrogens with one attached hydrogen (secondary N) is 1. The summed E-state index contributed by atoms with van der Waals surface area (Å²) in [5.74, 6) is 1.36. The van der Waals surface area contributed by atoms with E-state index in [-0.39, 0.29) is 5.82 Å². The average molecular weight is 279 g/mol. The third kappa shape index (κ3) is 3.48. The number of anilines is 1. The second kappa shape index (κ2) is 6.08. The molecular formula is C16H26FN3. The lowest BCUT2D eigenvalue weighted by atomic mass is 9.80. The molecule has 1 aliphatic rings. The van der Waals surface area contributed by atoms with Gasteiger partial charge in [-0.25, -0.2) is 9.37 Å². The van der Waals surface area contributed by atoms with Crippen LogP contribution in [0.4, 0.5) is 10.2 Å². The van der Waals surface area contributed by atoms with Crippen molar-refractivity contribution < 1.29 is 4.39 Å². The lowest BCUT2D eigenvalue weighted by Crippen LogP contribution is -2.27. The normalized spacial score (nSPS) is 19.6. The van der Waals surface area contributed by atoms with Crippen LogP contribution in [0, 0.1) is 17.2 Å². The highest BCUT2D eigenvalue weighted by Crippen LogP contribution is 2.35.